The average molecular weight is 247 g/mol. The van der Waals surface area contributed by atoms with Crippen molar-refractivity contribution < 1.29 is 18.3 Å². The zero-order valence-electron chi connectivity index (χ0n) is 8.54. The van der Waals surface area contributed by atoms with Crippen LogP contribution in [-0.2, 0) is 21.4 Å². The molecule has 1 aromatic heterocycles. The van der Waals surface area contributed by atoms with Gasteiger partial charge in [-0.1, -0.05) is 0 Å². The fraction of sp³-hybridized carbons (Fsp3) is 0.500. The van der Waals surface area contributed by atoms with Crippen molar-refractivity contribution in [3.8, 4) is 0 Å². The maximum Gasteiger partial charge on any atom is 0.320 e. The highest BCUT2D eigenvalue weighted by Gasteiger charge is 2.14. The molecule has 0 fully saturated rings. The minimum atomic E-state index is -3.70. The smallest absolute Gasteiger partial charge is 0.320 e. The Labute approximate surface area is 93.2 Å². The first-order valence-corrected chi connectivity index (χ1v) is 6.30. The molecule has 7 nitrogen and oxygen atoms in total. The molecule has 90 valence electrons. The van der Waals surface area contributed by atoms with E-state index in [1.54, 1.807) is 18.7 Å². The van der Waals surface area contributed by atoms with Gasteiger partial charge >= 0.3 is 5.97 Å². The van der Waals surface area contributed by atoms with Crippen LogP contribution in [0.15, 0.2) is 18.7 Å². The lowest BCUT2D eigenvalue weighted by Gasteiger charge is -2.04. The number of sulfonamides is 1. The van der Waals surface area contributed by atoms with Crippen molar-refractivity contribution in [2.45, 2.75) is 13.0 Å². The Morgan fingerprint density at radius 3 is 2.81 bits per heavy atom. The van der Waals surface area contributed by atoms with E-state index < -0.39 is 21.7 Å². The summed E-state index contributed by atoms with van der Waals surface area (Å²) in [6.45, 7) is 0.851. The summed E-state index contributed by atoms with van der Waals surface area (Å²) in [6, 6.07) is 0. The molecule has 0 aliphatic heterocycles. The molecule has 8 heteroatoms. The molecule has 0 aromatic carbocycles. The molecule has 2 N–H and O–H groups in total. The predicted octanol–water partition coefficient (Wildman–Crippen LogP) is -0.723. The van der Waals surface area contributed by atoms with Gasteiger partial charge < -0.3 is 9.67 Å². The largest absolute Gasteiger partial charge is 0.480 e. The number of rotatable bonds is 7. The molecular formula is C8H13N3O4S. The zero-order chi connectivity index (χ0) is 12.0. The number of aryl methyl sites for hydroxylation is 1. The minimum absolute atomic E-state index is 0.216. The van der Waals surface area contributed by atoms with E-state index in [1.807, 2.05) is 4.57 Å². The number of imidazole rings is 1. The van der Waals surface area contributed by atoms with Crippen LogP contribution >= 0.6 is 0 Å². The number of carboxylic acids is 1. The molecule has 0 aliphatic rings. The lowest BCUT2D eigenvalue weighted by molar-refractivity contribution is -0.134. The third-order valence-corrected chi connectivity index (χ3v) is 3.06. The second kappa shape index (κ2) is 5.61. The SMILES string of the molecule is O=C(O)CS(=O)(=O)NCCCn1ccnc1. The average Bonchev–Trinajstić information content (AvgIpc) is 2.62. The number of aromatic nitrogens is 2. The van der Waals surface area contributed by atoms with Crippen LogP contribution in [0.1, 0.15) is 6.42 Å². The van der Waals surface area contributed by atoms with Crippen LogP contribution < -0.4 is 4.72 Å². The first kappa shape index (κ1) is 12.7. The normalized spacial score (nSPS) is 11.5. The second-order valence-corrected chi connectivity index (χ2v) is 5.01. The molecule has 0 bridgehead atoms. The van der Waals surface area contributed by atoms with Crippen molar-refractivity contribution >= 4 is 16.0 Å². The van der Waals surface area contributed by atoms with Gasteiger partial charge in [-0.2, -0.15) is 0 Å². The van der Waals surface area contributed by atoms with Gasteiger partial charge in [-0.15, -0.1) is 0 Å². The maximum absolute atomic E-state index is 11.1. The Morgan fingerprint density at radius 2 is 2.25 bits per heavy atom. The van der Waals surface area contributed by atoms with Crippen LogP contribution in [0.3, 0.4) is 0 Å². The maximum atomic E-state index is 11.1. The molecule has 0 aliphatic carbocycles. The van der Waals surface area contributed by atoms with E-state index in [0.717, 1.165) is 0 Å². The van der Waals surface area contributed by atoms with Gasteiger partial charge in [-0.05, 0) is 6.42 Å². The quantitative estimate of drug-likeness (QED) is 0.619. The molecule has 0 amide bonds. The fourth-order valence-corrected chi connectivity index (χ4v) is 2.00. The van der Waals surface area contributed by atoms with Crippen molar-refractivity contribution in [2.75, 3.05) is 12.3 Å². The van der Waals surface area contributed by atoms with E-state index in [1.165, 1.54) is 0 Å². The van der Waals surface area contributed by atoms with Gasteiger partial charge in [0, 0.05) is 25.5 Å². The standard InChI is InChI=1S/C8H13N3O4S/c12-8(13)6-16(14,15)10-2-1-4-11-5-3-9-7-11/h3,5,7,10H,1-2,4,6H2,(H,12,13). The summed E-state index contributed by atoms with van der Waals surface area (Å²) in [5, 5.41) is 8.32. The number of carboxylic acid groups (broad SMARTS) is 1. The summed E-state index contributed by atoms with van der Waals surface area (Å²) in [5.74, 6) is -2.25. The highest BCUT2D eigenvalue weighted by Crippen LogP contribution is 1.91. The molecule has 1 aromatic rings. The molecule has 0 unspecified atom stereocenters. The minimum Gasteiger partial charge on any atom is -0.480 e. The number of hydrogen-bond acceptors (Lipinski definition) is 4. The van der Waals surface area contributed by atoms with Gasteiger partial charge in [0.25, 0.3) is 0 Å². The van der Waals surface area contributed by atoms with Crippen molar-refractivity contribution in [1.29, 1.82) is 0 Å². The molecule has 0 spiro atoms. The summed E-state index contributed by atoms with van der Waals surface area (Å²) < 4.78 is 26.2. The molecule has 0 atom stereocenters. The molecule has 1 heterocycles. The van der Waals surface area contributed by atoms with E-state index in [4.69, 9.17) is 5.11 Å². The number of nitrogens with zero attached hydrogens (tertiary/aromatic N) is 2. The Balaban J connectivity index is 2.23. The Bertz CT molecular complexity index is 426. The van der Waals surface area contributed by atoms with Crippen LogP contribution in [0, 0.1) is 0 Å². The van der Waals surface area contributed by atoms with Gasteiger partial charge in [0.2, 0.25) is 10.0 Å². The molecule has 0 saturated heterocycles. The zero-order valence-corrected chi connectivity index (χ0v) is 9.35. The third kappa shape index (κ3) is 4.89. The summed E-state index contributed by atoms with van der Waals surface area (Å²) in [4.78, 5) is 14.0. The van der Waals surface area contributed by atoms with E-state index in [2.05, 4.69) is 9.71 Å². The lowest BCUT2D eigenvalue weighted by Crippen LogP contribution is -2.31. The third-order valence-electron chi connectivity index (χ3n) is 1.79. The van der Waals surface area contributed by atoms with Crippen LogP contribution in [0.25, 0.3) is 0 Å². The van der Waals surface area contributed by atoms with Gasteiger partial charge in [0.05, 0.1) is 6.33 Å². The molecule has 0 radical (unpaired) electrons. The van der Waals surface area contributed by atoms with Crippen LogP contribution in [0.5, 0.6) is 0 Å². The van der Waals surface area contributed by atoms with Gasteiger partial charge in [-0.3, -0.25) is 4.79 Å². The highest BCUT2D eigenvalue weighted by atomic mass is 32.2. The summed E-state index contributed by atoms with van der Waals surface area (Å²) in [7, 11) is -3.70. The number of nitrogens with one attached hydrogen (secondary N) is 1. The Morgan fingerprint density at radius 1 is 1.50 bits per heavy atom. The topological polar surface area (TPSA) is 101 Å². The first-order valence-electron chi connectivity index (χ1n) is 4.64. The first-order chi connectivity index (χ1) is 7.49. The fourth-order valence-electron chi connectivity index (χ4n) is 1.12. The number of aliphatic carboxylic acids is 1. The van der Waals surface area contributed by atoms with E-state index >= 15 is 0 Å². The van der Waals surface area contributed by atoms with Crippen LogP contribution in [-0.4, -0.2) is 41.3 Å². The van der Waals surface area contributed by atoms with Crippen molar-refractivity contribution in [1.82, 2.24) is 14.3 Å². The monoisotopic (exact) mass is 247 g/mol. The van der Waals surface area contributed by atoms with E-state index in [-0.39, 0.29) is 6.54 Å². The van der Waals surface area contributed by atoms with Crippen molar-refractivity contribution in [2.24, 2.45) is 0 Å². The summed E-state index contributed by atoms with van der Waals surface area (Å²) in [5.41, 5.74) is 0. The molecular weight excluding hydrogens is 234 g/mol. The van der Waals surface area contributed by atoms with Crippen LogP contribution in [0.4, 0.5) is 0 Å². The Hall–Kier alpha value is -1.41. The second-order valence-electron chi connectivity index (χ2n) is 3.20. The number of carbonyl (C=O) groups is 1. The van der Waals surface area contributed by atoms with E-state index in [0.29, 0.717) is 13.0 Å². The van der Waals surface area contributed by atoms with Crippen molar-refractivity contribution in [3.63, 3.8) is 0 Å². The molecule has 0 saturated carbocycles. The lowest BCUT2D eigenvalue weighted by atomic mass is 10.4. The van der Waals surface area contributed by atoms with Crippen LogP contribution in [0.2, 0.25) is 0 Å². The predicted molar refractivity (Wildman–Crippen MR) is 56.3 cm³/mol. The summed E-state index contributed by atoms with van der Waals surface area (Å²) >= 11 is 0. The molecule has 16 heavy (non-hydrogen) atoms. The summed E-state index contributed by atoms with van der Waals surface area (Å²) in [6.07, 6.45) is 5.61. The van der Waals surface area contributed by atoms with Gasteiger partial charge in [-0.25, -0.2) is 18.1 Å². The highest BCUT2D eigenvalue weighted by molar-refractivity contribution is 7.90. The van der Waals surface area contributed by atoms with E-state index in [9.17, 15) is 13.2 Å². The Kier molecular flexibility index (Phi) is 4.44. The number of hydrogen-bond donors (Lipinski definition) is 2. The van der Waals surface area contributed by atoms with Crippen molar-refractivity contribution in [3.05, 3.63) is 18.7 Å². The van der Waals surface area contributed by atoms with Gasteiger partial charge in [0.15, 0.2) is 5.75 Å². The molecule has 1 rings (SSSR count). The van der Waals surface area contributed by atoms with Gasteiger partial charge in [0.1, 0.15) is 0 Å².